The molecule has 1 aromatic carbocycles. The molecule has 0 aliphatic carbocycles. The molecule has 0 saturated carbocycles. The van der Waals surface area contributed by atoms with Crippen molar-refractivity contribution in [3.8, 4) is 5.75 Å². The number of halogens is 3. The summed E-state index contributed by atoms with van der Waals surface area (Å²) in [6, 6.07) is 4.75. The van der Waals surface area contributed by atoms with Crippen LogP contribution in [0.4, 0.5) is 23.7 Å². The fourth-order valence-electron chi connectivity index (χ4n) is 2.84. The molecule has 0 aromatic heterocycles. The van der Waals surface area contributed by atoms with E-state index in [1.807, 2.05) is 5.32 Å². The third-order valence-corrected chi connectivity index (χ3v) is 4.11. The standard InChI is InChI=1S/C18H23F3N4O4/c1-2-22-15(26)10-29-13-6-3-5-12(9-13)24-17(28)25-8-4-7-14(25)16(27)23-11-18(19,20)21/h3,5-6,9,14H,2,4,7-8,10-11H2,1H3,(H,22,26)(H,23,27)(H,24,28). The zero-order valence-corrected chi connectivity index (χ0v) is 15.8. The third kappa shape index (κ3) is 7.16. The molecule has 1 saturated heterocycles. The van der Waals surface area contributed by atoms with Crippen molar-refractivity contribution in [1.82, 2.24) is 15.5 Å². The first-order valence-corrected chi connectivity index (χ1v) is 9.11. The van der Waals surface area contributed by atoms with Crippen molar-refractivity contribution in [2.24, 2.45) is 0 Å². The van der Waals surface area contributed by atoms with Gasteiger partial charge < -0.3 is 25.6 Å². The predicted octanol–water partition coefficient (Wildman–Crippen LogP) is 1.88. The van der Waals surface area contributed by atoms with Crippen LogP contribution in [0.1, 0.15) is 19.8 Å². The molecular weight excluding hydrogens is 393 g/mol. The molecule has 0 radical (unpaired) electrons. The lowest BCUT2D eigenvalue weighted by molar-refractivity contribution is -0.140. The van der Waals surface area contributed by atoms with Crippen LogP contribution in [0.3, 0.4) is 0 Å². The van der Waals surface area contributed by atoms with Crippen LogP contribution in [0.15, 0.2) is 24.3 Å². The van der Waals surface area contributed by atoms with E-state index in [4.69, 9.17) is 4.74 Å². The zero-order chi connectivity index (χ0) is 21.4. The number of nitrogens with one attached hydrogen (secondary N) is 3. The molecule has 11 heteroatoms. The van der Waals surface area contributed by atoms with E-state index in [2.05, 4.69) is 10.6 Å². The van der Waals surface area contributed by atoms with Gasteiger partial charge in [0.25, 0.3) is 5.91 Å². The van der Waals surface area contributed by atoms with Gasteiger partial charge >= 0.3 is 12.2 Å². The van der Waals surface area contributed by atoms with Gasteiger partial charge in [-0.2, -0.15) is 13.2 Å². The highest BCUT2D eigenvalue weighted by molar-refractivity contribution is 5.94. The first-order chi connectivity index (χ1) is 13.7. The highest BCUT2D eigenvalue weighted by Crippen LogP contribution is 2.22. The summed E-state index contributed by atoms with van der Waals surface area (Å²) in [6.07, 6.45) is -3.73. The number of likely N-dealkylation sites (tertiary alicyclic amines) is 1. The number of hydrogen-bond acceptors (Lipinski definition) is 4. The van der Waals surface area contributed by atoms with Crippen LogP contribution >= 0.6 is 0 Å². The fourth-order valence-corrected chi connectivity index (χ4v) is 2.84. The Morgan fingerprint density at radius 2 is 2.00 bits per heavy atom. The quantitative estimate of drug-likeness (QED) is 0.632. The molecule has 29 heavy (non-hydrogen) atoms. The number of amides is 4. The largest absolute Gasteiger partial charge is 0.484 e. The number of nitrogens with zero attached hydrogens (tertiary/aromatic N) is 1. The summed E-state index contributed by atoms with van der Waals surface area (Å²) in [5.41, 5.74) is 0.366. The van der Waals surface area contributed by atoms with E-state index in [9.17, 15) is 27.6 Å². The summed E-state index contributed by atoms with van der Waals surface area (Å²) >= 11 is 0. The van der Waals surface area contributed by atoms with Gasteiger partial charge in [-0.15, -0.1) is 0 Å². The molecule has 1 aliphatic heterocycles. The van der Waals surface area contributed by atoms with Gasteiger partial charge in [0.1, 0.15) is 18.3 Å². The number of likely N-dealkylation sites (N-methyl/N-ethyl adjacent to an activating group) is 1. The Kier molecular flexibility index (Phi) is 7.68. The first kappa shape index (κ1) is 22.3. The molecule has 1 atom stereocenters. The van der Waals surface area contributed by atoms with Crippen molar-refractivity contribution in [1.29, 1.82) is 0 Å². The van der Waals surface area contributed by atoms with Crippen molar-refractivity contribution in [2.45, 2.75) is 32.0 Å². The third-order valence-electron chi connectivity index (χ3n) is 4.11. The topological polar surface area (TPSA) is 99.8 Å². The minimum Gasteiger partial charge on any atom is -0.484 e. The molecule has 1 aliphatic rings. The summed E-state index contributed by atoms with van der Waals surface area (Å²) in [5, 5.41) is 7.00. The van der Waals surface area contributed by atoms with Gasteiger partial charge in [-0.25, -0.2) is 4.79 Å². The van der Waals surface area contributed by atoms with Crippen LogP contribution in [0.25, 0.3) is 0 Å². The second-order valence-electron chi connectivity index (χ2n) is 6.38. The van der Waals surface area contributed by atoms with E-state index in [0.29, 0.717) is 24.4 Å². The number of ether oxygens (including phenoxy) is 1. The van der Waals surface area contributed by atoms with Gasteiger partial charge in [-0.3, -0.25) is 9.59 Å². The van der Waals surface area contributed by atoms with Crippen LogP contribution in [-0.4, -0.2) is 61.2 Å². The Hall–Kier alpha value is -2.98. The number of alkyl halides is 3. The van der Waals surface area contributed by atoms with Crippen LogP contribution < -0.4 is 20.7 Å². The smallest absolute Gasteiger partial charge is 0.405 e. The second-order valence-corrected chi connectivity index (χ2v) is 6.38. The second kappa shape index (κ2) is 9.99. The van der Waals surface area contributed by atoms with Crippen molar-refractivity contribution >= 4 is 23.5 Å². The summed E-state index contributed by atoms with van der Waals surface area (Å²) < 4.78 is 42.2. The zero-order valence-electron chi connectivity index (χ0n) is 15.8. The number of anilines is 1. The molecule has 1 unspecified atom stereocenters. The number of rotatable bonds is 7. The molecule has 1 fully saturated rings. The van der Waals surface area contributed by atoms with Crippen molar-refractivity contribution in [2.75, 3.05) is 31.6 Å². The van der Waals surface area contributed by atoms with Crippen molar-refractivity contribution < 1.29 is 32.3 Å². The lowest BCUT2D eigenvalue weighted by Gasteiger charge is -2.24. The molecule has 3 N–H and O–H groups in total. The van der Waals surface area contributed by atoms with Crippen LogP contribution in [0, 0.1) is 0 Å². The average molecular weight is 416 g/mol. The maximum Gasteiger partial charge on any atom is 0.405 e. The molecule has 1 aromatic rings. The molecule has 8 nitrogen and oxygen atoms in total. The molecule has 0 spiro atoms. The van der Waals surface area contributed by atoms with E-state index in [1.54, 1.807) is 25.1 Å². The number of carbonyl (C=O) groups excluding carboxylic acids is 3. The van der Waals surface area contributed by atoms with Gasteiger partial charge in [0.05, 0.1) is 0 Å². The van der Waals surface area contributed by atoms with E-state index in [-0.39, 0.29) is 25.5 Å². The van der Waals surface area contributed by atoms with E-state index in [0.717, 1.165) is 0 Å². The van der Waals surface area contributed by atoms with Gasteiger partial charge in [0.2, 0.25) is 5.91 Å². The monoisotopic (exact) mass is 416 g/mol. The molecule has 0 bridgehead atoms. The van der Waals surface area contributed by atoms with Crippen LogP contribution in [-0.2, 0) is 9.59 Å². The van der Waals surface area contributed by atoms with Crippen LogP contribution in [0.2, 0.25) is 0 Å². The highest BCUT2D eigenvalue weighted by Gasteiger charge is 2.36. The highest BCUT2D eigenvalue weighted by atomic mass is 19.4. The summed E-state index contributed by atoms with van der Waals surface area (Å²) in [7, 11) is 0. The number of carbonyl (C=O) groups is 3. The van der Waals surface area contributed by atoms with Crippen molar-refractivity contribution in [3.63, 3.8) is 0 Å². The van der Waals surface area contributed by atoms with E-state index in [1.165, 1.54) is 11.0 Å². The maximum absolute atomic E-state index is 12.5. The van der Waals surface area contributed by atoms with Crippen LogP contribution in [0.5, 0.6) is 5.75 Å². The number of hydrogen-bond donors (Lipinski definition) is 3. The summed E-state index contributed by atoms with van der Waals surface area (Å²) in [4.78, 5) is 37.2. The number of urea groups is 1. The SMILES string of the molecule is CCNC(=O)COc1cccc(NC(=O)N2CCCC2C(=O)NCC(F)(F)F)c1. The lowest BCUT2D eigenvalue weighted by atomic mass is 10.2. The minimum absolute atomic E-state index is 0.182. The molecule has 1 heterocycles. The van der Waals surface area contributed by atoms with E-state index < -0.39 is 30.7 Å². The molecule has 160 valence electrons. The lowest BCUT2D eigenvalue weighted by Crippen LogP contribution is -2.49. The molecular formula is C18H23F3N4O4. The normalized spacial score (nSPS) is 16.3. The molecule has 4 amide bonds. The number of benzene rings is 1. The van der Waals surface area contributed by atoms with Gasteiger partial charge in [-0.1, -0.05) is 6.07 Å². The van der Waals surface area contributed by atoms with Gasteiger partial charge in [0.15, 0.2) is 6.61 Å². The van der Waals surface area contributed by atoms with E-state index >= 15 is 0 Å². The molecule has 2 rings (SSSR count). The van der Waals surface area contributed by atoms with Gasteiger partial charge in [-0.05, 0) is 31.9 Å². The minimum atomic E-state index is -4.52. The Morgan fingerprint density at radius 3 is 2.69 bits per heavy atom. The predicted molar refractivity (Wildman–Crippen MR) is 98.4 cm³/mol. The van der Waals surface area contributed by atoms with Gasteiger partial charge in [0, 0.05) is 24.8 Å². The summed E-state index contributed by atoms with van der Waals surface area (Å²) in [6.45, 7) is 0.889. The average Bonchev–Trinajstić information content (AvgIpc) is 3.14. The maximum atomic E-state index is 12.5. The Labute approximate surface area is 165 Å². The first-order valence-electron chi connectivity index (χ1n) is 9.11. The Balaban J connectivity index is 1.94. The Morgan fingerprint density at radius 1 is 1.24 bits per heavy atom. The fraction of sp³-hybridized carbons (Fsp3) is 0.500. The summed E-state index contributed by atoms with van der Waals surface area (Å²) in [5.74, 6) is -0.768. The van der Waals surface area contributed by atoms with Crippen molar-refractivity contribution in [3.05, 3.63) is 24.3 Å². The Bertz CT molecular complexity index is 742.